The third-order valence-electron chi connectivity index (χ3n) is 2.00. The predicted molar refractivity (Wildman–Crippen MR) is 56.9 cm³/mol. The average Bonchev–Trinajstić information content (AvgIpc) is 2.27. The fourth-order valence-electron chi connectivity index (χ4n) is 1.30. The van der Waals surface area contributed by atoms with Crippen molar-refractivity contribution in [3.05, 3.63) is 42.5 Å². The number of ether oxygens (including phenoxy) is 2. The number of rotatable bonds is 1. The normalized spacial score (nSPS) is 16.2. The minimum absolute atomic E-state index is 0.208. The Balaban J connectivity index is 2.55. The van der Waals surface area contributed by atoms with Crippen LogP contribution >= 0.6 is 0 Å². The van der Waals surface area contributed by atoms with Gasteiger partial charge in [0.25, 0.3) is 0 Å². The number of carbonyl (C=O) groups is 2. The molecule has 0 N–H and O–H groups in total. The second kappa shape index (κ2) is 4.02. The van der Waals surface area contributed by atoms with Gasteiger partial charge in [0.2, 0.25) is 0 Å². The zero-order valence-corrected chi connectivity index (χ0v) is 8.30. The van der Waals surface area contributed by atoms with E-state index < -0.39 is 11.9 Å². The molecule has 0 unspecified atom stereocenters. The first-order chi connectivity index (χ1) is 7.70. The highest BCUT2D eigenvalue weighted by Gasteiger charge is 2.17. The molecule has 80 valence electrons. The lowest BCUT2D eigenvalue weighted by Gasteiger charge is -2.12. The molecular weight excluding hydrogens is 208 g/mol. The second-order valence-electron chi connectivity index (χ2n) is 3.05. The van der Waals surface area contributed by atoms with Gasteiger partial charge in [-0.25, -0.2) is 9.59 Å². The summed E-state index contributed by atoms with van der Waals surface area (Å²) in [5, 5.41) is 0. The summed E-state index contributed by atoms with van der Waals surface area (Å²) < 4.78 is 10.0. The van der Waals surface area contributed by atoms with E-state index in [0.717, 1.165) is 12.2 Å². The van der Waals surface area contributed by atoms with Gasteiger partial charge in [0.15, 0.2) is 11.5 Å². The number of hydrogen-bond acceptors (Lipinski definition) is 4. The monoisotopic (exact) mass is 216 g/mol. The topological polar surface area (TPSA) is 52.6 Å². The summed E-state index contributed by atoms with van der Waals surface area (Å²) in [6.07, 6.45) is 3.56. The molecule has 4 nitrogen and oxygen atoms in total. The molecule has 0 spiro atoms. The molecular formula is C12H8O4. The number of hydrogen-bond donors (Lipinski definition) is 0. The van der Waals surface area contributed by atoms with Crippen LogP contribution in [-0.4, -0.2) is 11.9 Å². The van der Waals surface area contributed by atoms with Gasteiger partial charge in [-0.2, -0.15) is 0 Å². The molecule has 1 heterocycles. The van der Waals surface area contributed by atoms with Crippen molar-refractivity contribution in [1.82, 2.24) is 0 Å². The van der Waals surface area contributed by atoms with Crippen molar-refractivity contribution in [3.8, 4) is 11.5 Å². The summed E-state index contributed by atoms with van der Waals surface area (Å²) in [4.78, 5) is 22.5. The molecule has 4 heteroatoms. The van der Waals surface area contributed by atoms with Gasteiger partial charge in [0, 0.05) is 17.7 Å². The van der Waals surface area contributed by atoms with Crippen LogP contribution in [0.1, 0.15) is 5.56 Å². The van der Waals surface area contributed by atoms with Crippen molar-refractivity contribution in [2.75, 3.05) is 0 Å². The van der Waals surface area contributed by atoms with E-state index in [4.69, 9.17) is 9.47 Å². The Morgan fingerprint density at radius 1 is 1.06 bits per heavy atom. The molecule has 0 saturated heterocycles. The van der Waals surface area contributed by atoms with E-state index in [9.17, 15) is 9.59 Å². The Hall–Kier alpha value is -2.36. The maximum Gasteiger partial charge on any atom is 0.336 e. The van der Waals surface area contributed by atoms with Crippen molar-refractivity contribution in [1.29, 1.82) is 0 Å². The first kappa shape index (κ1) is 10.2. The summed E-state index contributed by atoms with van der Waals surface area (Å²) in [7, 11) is 0. The third-order valence-corrected chi connectivity index (χ3v) is 2.00. The van der Waals surface area contributed by atoms with Gasteiger partial charge in [-0.05, 0) is 6.07 Å². The molecule has 0 bridgehead atoms. The van der Waals surface area contributed by atoms with Crippen LogP contribution in [0, 0.1) is 0 Å². The summed E-state index contributed by atoms with van der Waals surface area (Å²) in [5.41, 5.74) is 0.592. The highest BCUT2D eigenvalue weighted by Crippen LogP contribution is 2.33. The fourth-order valence-corrected chi connectivity index (χ4v) is 1.30. The number of benzene rings is 1. The molecule has 1 aromatic rings. The van der Waals surface area contributed by atoms with E-state index >= 15 is 0 Å². The zero-order chi connectivity index (χ0) is 11.5. The lowest BCUT2D eigenvalue weighted by atomic mass is 10.2. The van der Waals surface area contributed by atoms with E-state index in [0.29, 0.717) is 5.56 Å². The summed E-state index contributed by atoms with van der Waals surface area (Å²) in [5.74, 6) is -0.813. The van der Waals surface area contributed by atoms with Crippen molar-refractivity contribution in [2.24, 2.45) is 0 Å². The zero-order valence-electron chi connectivity index (χ0n) is 8.30. The summed E-state index contributed by atoms with van der Waals surface area (Å²) >= 11 is 0. The van der Waals surface area contributed by atoms with Gasteiger partial charge in [-0.15, -0.1) is 0 Å². The SMILES string of the molecule is C=Cc1cccc2c1OC(=O)/C=C/C(=O)O2. The number of fused-ring (bicyclic) bond motifs is 1. The van der Waals surface area contributed by atoms with Crippen molar-refractivity contribution in [3.63, 3.8) is 0 Å². The molecule has 0 saturated carbocycles. The molecule has 0 fully saturated rings. The van der Waals surface area contributed by atoms with Crippen LogP contribution in [0.4, 0.5) is 0 Å². The van der Waals surface area contributed by atoms with Crippen molar-refractivity contribution < 1.29 is 19.1 Å². The van der Waals surface area contributed by atoms with Gasteiger partial charge in [-0.3, -0.25) is 0 Å². The summed E-state index contributed by atoms with van der Waals surface area (Å²) in [6, 6.07) is 4.94. The number of carbonyl (C=O) groups excluding carboxylic acids is 2. The highest BCUT2D eigenvalue weighted by molar-refractivity contribution is 5.95. The Bertz CT molecular complexity index is 500. The maximum absolute atomic E-state index is 11.3. The number of esters is 2. The standard InChI is InChI=1S/C12H8O4/c1-2-8-4-3-5-9-12(8)16-11(14)7-6-10(13)15-9/h2-7H,1H2/b7-6+. The van der Waals surface area contributed by atoms with Crippen LogP contribution in [-0.2, 0) is 9.59 Å². The van der Waals surface area contributed by atoms with E-state index in [1.807, 2.05) is 0 Å². The molecule has 1 aromatic carbocycles. The molecule has 1 aliphatic rings. The van der Waals surface area contributed by atoms with E-state index in [-0.39, 0.29) is 11.5 Å². The van der Waals surface area contributed by atoms with Crippen LogP contribution in [0.25, 0.3) is 6.08 Å². The first-order valence-corrected chi connectivity index (χ1v) is 4.58. The molecule has 1 aliphatic heterocycles. The predicted octanol–water partition coefficient (Wildman–Crippen LogP) is 1.71. The van der Waals surface area contributed by atoms with Crippen molar-refractivity contribution in [2.45, 2.75) is 0 Å². The van der Waals surface area contributed by atoms with Crippen LogP contribution in [0.15, 0.2) is 36.9 Å². The highest BCUT2D eigenvalue weighted by atomic mass is 16.6. The Kier molecular flexibility index (Phi) is 2.55. The lowest BCUT2D eigenvalue weighted by Crippen LogP contribution is -2.14. The summed E-state index contributed by atoms with van der Waals surface area (Å²) in [6.45, 7) is 3.59. The van der Waals surface area contributed by atoms with Crippen LogP contribution in [0.2, 0.25) is 0 Å². The van der Waals surface area contributed by atoms with Gasteiger partial charge in [0.05, 0.1) is 0 Å². The molecule has 0 atom stereocenters. The molecule has 0 amide bonds. The fraction of sp³-hybridized carbons (Fsp3) is 0. The molecule has 0 aromatic heterocycles. The minimum atomic E-state index is -0.618. The Morgan fingerprint density at radius 2 is 1.75 bits per heavy atom. The average molecular weight is 216 g/mol. The van der Waals surface area contributed by atoms with E-state index in [2.05, 4.69) is 6.58 Å². The van der Waals surface area contributed by atoms with Crippen LogP contribution in [0.5, 0.6) is 11.5 Å². The number of para-hydroxylation sites is 1. The maximum atomic E-state index is 11.3. The van der Waals surface area contributed by atoms with Gasteiger partial charge < -0.3 is 9.47 Å². The smallest absolute Gasteiger partial charge is 0.336 e. The van der Waals surface area contributed by atoms with Gasteiger partial charge in [-0.1, -0.05) is 24.8 Å². The van der Waals surface area contributed by atoms with Gasteiger partial charge >= 0.3 is 11.9 Å². The van der Waals surface area contributed by atoms with Gasteiger partial charge in [0.1, 0.15) is 0 Å². The van der Waals surface area contributed by atoms with Crippen LogP contribution in [0.3, 0.4) is 0 Å². The van der Waals surface area contributed by atoms with E-state index in [1.165, 1.54) is 6.08 Å². The van der Waals surface area contributed by atoms with Crippen molar-refractivity contribution >= 4 is 18.0 Å². The largest absolute Gasteiger partial charge is 0.419 e. The Labute approximate surface area is 91.8 Å². The van der Waals surface area contributed by atoms with E-state index in [1.54, 1.807) is 18.2 Å². The lowest BCUT2D eigenvalue weighted by molar-refractivity contribution is -0.133. The molecule has 0 aliphatic carbocycles. The second-order valence-corrected chi connectivity index (χ2v) is 3.05. The van der Waals surface area contributed by atoms with Crippen LogP contribution < -0.4 is 9.47 Å². The Morgan fingerprint density at radius 3 is 2.44 bits per heavy atom. The molecule has 16 heavy (non-hydrogen) atoms. The third kappa shape index (κ3) is 1.86. The molecule has 2 rings (SSSR count). The molecule has 0 radical (unpaired) electrons. The first-order valence-electron chi connectivity index (χ1n) is 4.58. The minimum Gasteiger partial charge on any atom is -0.419 e. The quantitative estimate of drug-likeness (QED) is 0.529.